The third kappa shape index (κ3) is 3.58. The molecule has 2 aromatic carbocycles. The van der Waals surface area contributed by atoms with Crippen LogP contribution in [0, 0.1) is 0 Å². The Morgan fingerprint density at radius 1 is 1.28 bits per heavy atom. The minimum Gasteiger partial charge on any atom is -0.404 e. The van der Waals surface area contributed by atoms with E-state index in [9.17, 15) is 4.79 Å². The number of nitrogens with two attached hydrogens (primary N) is 1. The fourth-order valence-corrected chi connectivity index (χ4v) is 4.15. The van der Waals surface area contributed by atoms with Crippen molar-refractivity contribution in [3.8, 4) is 0 Å². The van der Waals surface area contributed by atoms with E-state index >= 15 is 0 Å². The van der Waals surface area contributed by atoms with Gasteiger partial charge in [0.15, 0.2) is 0 Å². The van der Waals surface area contributed by atoms with Gasteiger partial charge in [-0.05, 0) is 47.7 Å². The van der Waals surface area contributed by atoms with Crippen LogP contribution in [0.25, 0.3) is 5.57 Å². The van der Waals surface area contributed by atoms with Crippen LogP contribution >= 0.6 is 0 Å². The highest BCUT2D eigenvalue weighted by Gasteiger charge is 2.27. The van der Waals surface area contributed by atoms with Crippen LogP contribution in [-0.2, 0) is 4.79 Å². The van der Waals surface area contributed by atoms with E-state index in [0.717, 1.165) is 41.2 Å². The number of fused-ring (bicyclic) bond motifs is 2. The molecule has 0 saturated carbocycles. The fourth-order valence-electron chi connectivity index (χ4n) is 4.15. The van der Waals surface area contributed by atoms with Crippen molar-refractivity contribution >= 4 is 40.4 Å². The largest absolute Gasteiger partial charge is 0.404 e. The zero-order valence-corrected chi connectivity index (χ0v) is 16.9. The molecule has 0 radical (unpaired) electrons. The Hall–Kier alpha value is -3.28. The van der Waals surface area contributed by atoms with Gasteiger partial charge < -0.3 is 21.3 Å². The number of carbonyl (C=O) groups is 1. The summed E-state index contributed by atoms with van der Waals surface area (Å²) in [5.74, 6) is 0.498. The summed E-state index contributed by atoms with van der Waals surface area (Å²) in [4.78, 5) is 18.4. The molecule has 2 heterocycles. The Morgan fingerprint density at radius 2 is 2.14 bits per heavy atom. The van der Waals surface area contributed by atoms with Gasteiger partial charge in [0.1, 0.15) is 0 Å². The minimum atomic E-state index is 0.0457. The van der Waals surface area contributed by atoms with Gasteiger partial charge in [0, 0.05) is 50.2 Å². The highest BCUT2D eigenvalue weighted by atomic mass is 16.1. The van der Waals surface area contributed by atoms with Gasteiger partial charge in [0.25, 0.3) is 0 Å². The Labute approximate surface area is 171 Å². The zero-order chi connectivity index (χ0) is 20.4. The molecule has 6 nitrogen and oxygen atoms in total. The minimum absolute atomic E-state index is 0.0457. The van der Waals surface area contributed by atoms with Gasteiger partial charge in [0.05, 0.1) is 17.1 Å². The number of benzene rings is 2. The summed E-state index contributed by atoms with van der Waals surface area (Å²) in [5.41, 5.74) is 13.2. The number of hydrogen-bond acceptors (Lipinski definition) is 5. The topological polar surface area (TPSA) is 82.8 Å². The van der Waals surface area contributed by atoms with Crippen molar-refractivity contribution < 1.29 is 4.79 Å². The molecule has 0 spiro atoms. The molecule has 0 aromatic heterocycles. The number of amides is 1. The molecule has 0 saturated heterocycles. The lowest BCUT2D eigenvalue weighted by Crippen LogP contribution is -2.27. The summed E-state index contributed by atoms with van der Waals surface area (Å²) in [5, 5.41) is 6.47. The maximum Gasteiger partial charge on any atom is 0.226 e. The quantitative estimate of drug-likeness (QED) is 0.691. The van der Waals surface area contributed by atoms with Crippen molar-refractivity contribution in [1.29, 1.82) is 0 Å². The lowest BCUT2D eigenvalue weighted by molar-refractivity contribution is -0.115. The van der Waals surface area contributed by atoms with Crippen LogP contribution in [0.4, 0.5) is 22.7 Å². The highest BCUT2D eigenvalue weighted by Crippen LogP contribution is 2.44. The summed E-state index contributed by atoms with van der Waals surface area (Å²) in [6, 6.07) is 12.6. The standard InChI is InChI=1S/C23H27N5O/c1-15-9-11-28(20-7-6-16(12-18(15)20)17(13-24)14-25-2)21-5-3-4-19-23(21)26-10-8-22(29)27-19/h3-7,12-15,26H,8-11,24H2,1-2H3,(H,27,29). The molecule has 1 unspecified atom stereocenters. The van der Waals surface area contributed by atoms with Crippen molar-refractivity contribution in [1.82, 2.24) is 0 Å². The van der Waals surface area contributed by atoms with Gasteiger partial charge in [0.2, 0.25) is 5.91 Å². The third-order valence-corrected chi connectivity index (χ3v) is 5.68. The average Bonchev–Trinajstić information content (AvgIpc) is 2.93. The number of allylic oxidation sites excluding steroid dienone is 1. The van der Waals surface area contributed by atoms with Gasteiger partial charge in [-0.15, -0.1) is 0 Å². The number of hydrogen-bond donors (Lipinski definition) is 3. The highest BCUT2D eigenvalue weighted by molar-refractivity contribution is 6.09. The molecular weight excluding hydrogens is 362 g/mol. The van der Waals surface area contributed by atoms with Gasteiger partial charge >= 0.3 is 0 Å². The molecule has 4 N–H and O–H groups in total. The first-order valence-corrected chi connectivity index (χ1v) is 10.0. The average molecular weight is 390 g/mol. The predicted octanol–water partition coefficient (Wildman–Crippen LogP) is 4.09. The van der Waals surface area contributed by atoms with Crippen LogP contribution < -0.4 is 21.3 Å². The van der Waals surface area contributed by atoms with Gasteiger partial charge in [-0.2, -0.15) is 0 Å². The second-order valence-corrected chi connectivity index (χ2v) is 7.55. The van der Waals surface area contributed by atoms with Crippen molar-refractivity contribution in [3.63, 3.8) is 0 Å². The summed E-state index contributed by atoms with van der Waals surface area (Å²) >= 11 is 0. The molecule has 1 atom stereocenters. The number of para-hydroxylation sites is 1. The molecule has 2 aliphatic rings. The van der Waals surface area contributed by atoms with Crippen molar-refractivity contribution in [2.75, 3.05) is 35.7 Å². The zero-order valence-electron chi connectivity index (χ0n) is 16.9. The molecule has 6 heteroatoms. The van der Waals surface area contributed by atoms with E-state index < -0.39 is 0 Å². The van der Waals surface area contributed by atoms with E-state index in [4.69, 9.17) is 5.73 Å². The first-order valence-electron chi connectivity index (χ1n) is 10.0. The van der Waals surface area contributed by atoms with Crippen LogP contribution in [0.3, 0.4) is 0 Å². The van der Waals surface area contributed by atoms with Crippen molar-refractivity contribution in [2.45, 2.75) is 25.7 Å². The molecule has 0 aliphatic carbocycles. The van der Waals surface area contributed by atoms with Gasteiger partial charge in [-0.1, -0.05) is 19.1 Å². The SMILES string of the molecule is CN=CC(=CN)c1ccc2c(c1)C(C)CCN2c1cccc2c1NCCC(=O)N2. The fraction of sp³-hybridized carbons (Fsp3) is 0.304. The van der Waals surface area contributed by atoms with E-state index in [1.807, 2.05) is 12.1 Å². The van der Waals surface area contributed by atoms with Gasteiger partial charge in [-0.25, -0.2) is 0 Å². The van der Waals surface area contributed by atoms with Crippen LogP contribution in [0.2, 0.25) is 0 Å². The maximum absolute atomic E-state index is 12.0. The lowest BCUT2D eigenvalue weighted by Gasteiger charge is -2.36. The Bertz CT molecular complexity index is 995. The van der Waals surface area contributed by atoms with Gasteiger partial charge in [-0.3, -0.25) is 9.79 Å². The van der Waals surface area contributed by atoms with Crippen molar-refractivity contribution in [3.05, 3.63) is 53.7 Å². The molecule has 1 amide bonds. The van der Waals surface area contributed by atoms with E-state index in [-0.39, 0.29) is 5.91 Å². The second kappa shape index (κ2) is 7.99. The van der Waals surface area contributed by atoms with Crippen LogP contribution in [-0.4, -0.2) is 32.3 Å². The number of nitrogens with zero attached hydrogens (tertiary/aromatic N) is 2. The van der Waals surface area contributed by atoms with E-state index in [1.165, 1.54) is 11.3 Å². The lowest BCUT2D eigenvalue weighted by atomic mass is 9.88. The Kier molecular flexibility index (Phi) is 5.25. The summed E-state index contributed by atoms with van der Waals surface area (Å²) in [6.45, 7) is 3.83. The molecule has 2 aromatic rings. The smallest absolute Gasteiger partial charge is 0.226 e. The first kappa shape index (κ1) is 19.1. The van der Waals surface area contributed by atoms with Crippen LogP contribution in [0.15, 0.2) is 47.6 Å². The normalized spacial score (nSPS) is 19.2. The van der Waals surface area contributed by atoms with Crippen LogP contribution in [0.5, 0.6) is 0 Å². The molecule has 2 aliphatic heterocycles. The monoisotopic (exact) mass is 389 g/mol. The molecule has 0 fully saturated rings. The molecule has 0 bridgehead atoms. The van der Waals surface area contributed by atoms with E-state index in [1.54, 1.807) is 19.5 Å². The molecule has 4 rings (SSSR count). The molecule has 150 valence electrons. The van der Waals surface area contributed by atoms with Crippen molar-refractivity contribution in [2.24, 2.45) is 10.7 Å². The summed E-state index contributed by atoms with van der Waals surface area (Å²) in [7, 11) is 1.75. The third-order valence-electron chi connectivity index (χ3n) is 5.68. The number of carbonyl (C=O) groups excluding carboxylic acids is 1. The number of nitrogens with one attached hydrogen (secondary N) is 2. The van der Waals surface area contributed by atoms with E-state index in [0.29, 0.717) is 18.9 Å². The number of aliphatic imine (C=N–C) groups is 1. The number of rotatable bonds is 3. The predicted molar refractivity (Wildman–Crippen MR) is 121 cm³/mol. The maximum atomic E-state index is 12.0. The first-order chi connectivity index (χ1) is 14.1. The molecular formula is C23H27N5O. The second-order valence-electron chi connectivity index (χ2n) is 7.55. The van der Waals surface area contributed by atoms with E-state index in [2.05, 4.69) is 51.7 Å². The Morgan fingerprint density at radius 3 is 2.93 bits per heavy atom. The number of anilines is 4. The summed E-state index contributed by atoms with van der Waals surface area (Å²) in [6.07, 6.45) is 4.91. The summed E-state index contributed by atoms with van der Waals surface area (Å²) < 4.78 is 0. The van der Waals surface area contributed by atoms with Crippen LogP contribution in [0.1, 0.15) is 36.8 Å². The Balaban J connectivity index is 1.79. The molecule has 29 heavy (non-hydrogen) atoms.